The van der Waals surface area contributed by atoms with Crippen LogP contribution in [0.4, 0.5) is 0 Å². The van der Waals surface area contributed by atoms with Crippen LogP contribution in [0, 0.1) is 12.8 Å². The minimum absolute atomic E-state index is 0.288. The standard InChI is InChI=1S/C25H33NO2/c1-18-9-7-8-12-22(18)24-16-21(13-14-23(24)25(27)28-3)17-26-19(2)15-20-10-5-4-6-11-20/h7-9,12-14,16,19-20,26H,4-6,10-11,15,17H2,1-3H3/t19-/m1/s1. The third-order valence-electron chi connectivity index (χ3n) is 5.99. The van der Waals surface area contributed by atoms with E-state index >= 15 is 0 Å². The monoisotopic (exact) mass is 379 g/mol. The molecule has 0 bridgehead atoms. The molecule has 3 rings (SSSR count). The van der Waals surface area contributed by atoms with Gasteiger partial charge in [-0.05, 0) is 60.6 Å². The van der Waals surface area contributed by atoms with Gasteiger partial charge in [-0.1, -0.05) is 62.4 Å². The Kier molecular flexibility index (Phi) is 7.27. The normalized spacial score (nSPS) is 16.0. The summed E-state index contributed by atoms with van der Waals surface area (Å²) < 4.78 is 5.01. The van der Waals surface area contributed by atoms with Gasteiger partial charge in [0.25, 0.3) is 0 Å². The molecule has 0 aromatic heterocycles. The summed E-state index contributed by atoms with van der Waals surface area (Å²) in [4.78, 5) is 12.3. The zero-order valence-corrected chi connectivity index (χ0v) is 17.5. The first kappa shape index (κ1) is 20.6. The average molecular weight is 380 g/mol. The largest absolute Gasteiger partial charge is 0.465 e. The lowest BCUT2D eigenvalue weighted by Crippen LogP contribution is -2.28. The van der Waals surface area contributed by atoms with Crippen LogP contribution in [-0.4, -0.2) is 19.1 Å². The number of aryl methyl sites for hydroxylation is 1. The van der Waals surface area contributed by atoms with Crippen molar-refractivity contribution in [1.29, 1.82) is 0 Å². The highest BCUT2D eigenvalue weighted by atomic mass is 16.5. The smallest absolute Gasteiger partial charge is 0.338 e. The molecule has 0 saturated heterocycles. The SMILES string of the molecule is COC(=O)c1ccc(CN[C@H](C)CC2CCCCC2)cc1-c1ccccc1C. The molecule has 1 aliphatic carbocycles. The number of methoxy groups -OCH3 is 1. The fraction of sp³-hybridized carbons (Fsp3) is 0.480. The molecule has 0 aliphatic heterocycles. The Labute approximate surface area is 169 Å². The van der Waals surface area contributed by atoms with Gasteiger partial charge in [0.05, 0.1) is 12.7 Å². The van der Waals surface area contributed by atoms with Crippen LogP contribution in [0.2, 0.25) is 0 Å². The number of ether oxygens (including phenoxy) is 1. The molecule has 0 spiro atoms. The Morgan fingerprint density at radius 2 is 1.86 bits per heavy atom. The highest BCUT2D eigenvalue weighted by Gasteiger charge is 2.18. The van der Waals surface area contributed by atoms with Crippen LogP contribution >= 0.6 is 0 Å². The molecule has 0 amide bonds. The number of hydrogen-bond donors (Lipinski definition) is 1. The highest BCUT2D eigenvalue weighted by Crippen LogP contribution is 2.29. The van der Waals surface area contributed by atoms with Crippen LogP contribution in [0.25, 0.3) is 11.1 Å². The molecule has 1 fully saturated rings. The third kappa shape index (κ3) is 5.23. The fourth-order valence-electron chi connectivity index (χ4n) is 4.39. The molecular weight excluding hydrogens is 346 g/mol. The van der Waals surface area contributed by atoms with Gasteiger partial charge in [0.15, 0.2) is 0 Å². The molecule has 3 nitrogen and oxygen atoms in total. The average Bonchev–Trinajstić information content (AvgIpc) is 2.72. The molecule has 28 heavy (non-hydrogen) atoms. The number of hydrogen-bond acceptors (Lipinski definition) is 3. The predicted molar refractivity (Wildman–Crippen MR) is 115 cm³/mol. The zero-order valence-electron chi connectivity index (χ0n) is 17.5. The number of benzene rings is 2. The van der Waals surface area contributed by atoms with E-state index in [4.69, 9.17) is 4.74 Å². The number of carbonyl (C=O) groups is 1. The molecule has 0 heterocycles. The summed E-state index contributed by atoms with van der Waals surface area (Å²) >= 11 is 0. The lowest BCUT2D eigenvalue weighted by atomic mass is 9.85. The lowest BCUT2D eigenvalue weighted by Gasteiger charge is -2.25. The zero-order chi connectivity index (χ0) is 19.9. The molecule has 0 radical (unpaired) electrons. The van der Waals surface area contributed by atoms with E-state index in [1.165, 1.54) is 51.2 Å². The van der Waals surface area contributed by atoms with Crippen molar-refractivity contribution in [3.8, 4) is 11.1 Å². The van der Waals surface area contributed by atoms with Gasteiger partial charge in [-0.2, -0.15) is 0 Å². The molecule has 1 aliphatic rings. The second-order valence-corrected chi connectivity index (χ2v) is 8.21. The first-order valence-electron chi connectivity index (χ1n) is 10.6. The van der Waals surface area contributed by atoms with E-state index in [2.05, 4.69) is 37.4 Å². The van der Waals surface area contributed by atoms with Gasteiger partial charge >= 0.3 is 5.97 Å². The maximum Gasteiger partial charge on any atom is 0.338 e. The van der Waals surface area contributed by atoms with Crippen molar-refractivity contribution in [3.63, 3.8) is 0 Å². The van der Waals surface area contributed by atoms with Gasteiger partial charge in [0.1, 0.15) is 0 Å². The molecule has 1 saturated carbocycles. The van der Waals surface area contributed by atoms with Crippen LogP contribution in [0.1, 0.15) is 66.9 Å². The van der Waals surface area contributed by atoms with E-state index in [-0.39, 0.29) is 5.97 Å². The van der Waals surface area contributed by atoms with Crippen molar-refractivity contribution in [2.24, 2.45) is 5.92 Å². The molecule has 0 unspecified atom stereocenters. The molecule has 3 heteroatoms. The van der Waals surface area contributed by atoms with E-state index in [0.29, 0.717) is 11.6 Å². The lowest BCUT2D eigenvalue weighted by molar-refractivity contribution is 0.0601. The van der Waals surface area contributed by atoms with E-state index in [9.17, 15) is 4.79 Å². The second kappa shape index (κ2) is 9.88. The Balaban J connectivity index is 1.74. The Morgan fingerprint density at radius 1 is 1.11 bits per heavy atom. The van der Waals surface area contributed by atoms with Crippen molar-refractivity contribution in [1.82, 2.24) is 5.32 Å². The maximum atomic E-state index is 12.3. The minimum Gasteiger partial charge on any atom is -0.465 e. The topological polar surface area (TPSA) is 38.3 Å². The Bertz CT molecular complexity index is 793. The van der Waals surface area contributed by atoms with Crippen LogP contribution in [-0.2, 0) is 11.3 Å². The summed E-state index contributed by atoms with van der Waals surface area (Å²) in [6.45, 7) is 5.18. The number of nitrogens with one attached hydrogen (secondary N) is 1. The van der Waals surface area contributed by atoms with E-state index in [1.54, 1.807) is 0 Å². The van der Waals surface area contributed by atoms with Crippen LogP contribution < -0.4 is 5.32 Å². The van der Waals surface area contributed by atoms with Crippen molar-refractivity contribution in [2.45, 2.75) is 65.0 Å². The summed E-state index contributed by atoms with van der Waals surface area (Å²) in [5, 5.41) is 3.69. The van der Waals surface area contributed by atoms with Crippen molar-refractivity contribution in [2.75, 3.05) is 7.11 Å². The van der Waals surface area contributed by atoms with Gasteiger partial charge in [-0.3, -0.25) is 0 Å². The number of carbonyl (C=O) groups excluding carboxylic acids is 1. The van der Waals surface area contributed by atoms with E-state index in [0.717, 1.165) is 29.2 Å². The first-order valence-corrected chi connectivity index (χ1v) is 10.6. The van der Waals surface area contributed by atoms with Gasteiger partial charge in [-0.25, -0.2) is 4.79 Å². The quantitative estimate of drug-likeness (QED) is 0.609. The summed E-state index contributed by atoms with van der Waals surface area (Å²) in [5.41, 5.74) is 5.00. The van der Waals surface area contributed by atoms with Crippen LogP contribution in [0.15, 0.2) is 42.5 Å². The van der Waals surface area contributed by atoms with Crippen molar-refractivity contribution < 1.29 is 9.53 Å². The number of rotatable bonds is 7. The summed E-state index contributed by atoms with van der Waals surface area (Å²) in [5.74, 6) is 0.587. The molecule has 2 aromatic carbocycles. The van der Waals surface area contributed by atoms with Crippen LogP contribution in [0.5, 0.6) is 0 Å². The Hall–Kier alpha value is -2.13. The van der Waals surface area contributed by atoms with E-state index in [1.807, 2.05) is 24.3 Å². The molecule has 2 aromatic rings. The highest BCUT2D eigenvalue weighted by molar-refractivity contribution is 5.97. The minimum atomic E-state index is -0.288. The van der Waals surface area contributed by atoms with Gasteiger partial charge < -0.3 is 10.1 Å². The van der Waals surface area contributed by atoms with Gasteiger partial charge in [0, 0.05) is 12.6 Å². The van der Waals surface area contributed by atoms with Crippen molar-refractivity contribution >= 4 is 5.97 Å². The second-order valence-electron chi connectivity index (χ2n) is 8.21. The maximum absolute atomic E-state index is 12.3. The number of esters is 1. The third-order valence-corrected chi connectivity index (χ3v) is 5.99. The first-order chi connectivity index (χ1) is 13.6. The summed E-state index contributed by atoms with van der Waals surface area (Å²) in [6.07, 6.45) is 8.23. The van der Waals surface area contributed by atoms with Crippen LogP contribution in [0.3, 0.4) is 0 Å². The molecular formula is C25H33NO2. The van der Waals surface area contributed by atoms with Gasteiger partial charge in [-0.15, -0.1) is 0 Å². The van der Waals surface area contributed by atoms with E-state index < -0.39 is 0 Å². The fourth-order valence-corrected chi connectivity index (χ4v) is 4.39. The Morgan fingerprint density at radius 3 is 2.57 bits per heavy atom. The summed E-state index contributed by atoms with van der Waals surface area (Å²) in [6, 6.07) is 14.8. The summed E-state index contributed by atoms with van der Waals surface area (Å²) in [7, 11) is 1.44. The van der Waals surface area contributed by atoms with Gasteiger partial charge in [0.2, 0.25) is 0 Å². The molecule has 1 N–H and O–H groups in total. The molecule has 1 atom stereocenters. The van der Waals surface area contributed by atoms with Crippen molar-refractivity contribution in [3.05, 3.63) is 59.2 Å². The predicted octanol–water partition coefficient (Wildman–Crippen LogP) is 5.90. The molecule has 150 valence electrons.